The van der Waals surface area contributed by atoms with Crippen molar-refractivity contribution in [2.45, 2.75) is 198 Å². The number of phosphoric acid groups is 1. The number of carbonyl (C=O) groups excluding carboxylic acids is 11. The molecule has 6 aromatic carbocycles. The Morgan fingerprint density at radius 3 is 0.923 bits per heavy atom. The fourth-order valence-electron chi connectivity index (χ4n) is 16.9. The number of phosphoric ester groups is 1. The quantitative estimate of drug-likeness (QED) is 0.00741. The zero-order chi connectivity index (χ0) is 92.3. The second-order valence-corrected chi connectivity index (χ2v) is 35.0. The number of ether oxygens (including phenoxy) is 3. The van der Waals surface area contributed by atoms with E-state index in [0.29, 0.717) is 110 Å². The summed E-state index contributed by atoms with van der Waals surface area (Å²) in [4.78, 5) is 159. The average molecular weight is 1810 g/mol. The third-order valence-electron chi connectivity index (χ3n) is 24.0. The van der Waals surface area contributed by atoms with Gasteiger partial charge in [0.25, 0.3) is 0 Å². The smallest absolute Gasteiger partial charge is 0.465 e. The van der Waals surface area contributed by atoms with Crippen LogP contribution >= 0.6 is 7.82 Å². The Balaban J connectivity index is 0.686. The number of nitrogens with one attached hydrogen (secondary N) is 8. The largest absolute Gasteiger partial charge is 0.471 e. The Labute approximate surface area is 766 Å². The summed E-state index contributed by atoms with van der Waals surface area (Å²) in [7, 11) is -3.07. The maximum Gasteiger partial charge on any atom is 0.471 e. The van der Waals surface area contributed by atoms with E-state index >= 15 is 0 Å². The number of esters is 3. The van der Waals surface area contributed by atoms with Crippen molar-refractivity contribution in [1.82, 2.24) is 57.2 Å². The number of carbonyl (C=O) groups is 11. The van der Waals surface area contributed by atoms with Gasteiger partial charge in [0.05, 0.1) is 39.0 Å². The van der Waals surface area contributed by atoms with Crippen LogP contribution in [0.3, 0.4) is 0 Å². The molecule has 0 bridgehead atoms. The predicted molar refractivity (Wildman–Crippen MR) is 501 cm³/mol. The molecule has 0 fully saturated rings. The van der Waals surface area contributed by atoms with Gasteiger partial charge in [-0.15, -0.1) is 0 Å². The first-order valence-electron chi connectivity index (χ1n) is 47.1. The lowest BCUT2D eigenvalue weighted by Crippen LogP contribution is -2.47. The summed E-state index contributed by atoms with van der Waals surface area (Å²) in [5.41, 5.74) is 13.9. The fraction of sp³-hybridized carbons (Fsp3) is 0.530. The highest BCUT2D eigenvalue weighted by atomic mass is 31.2. The Hall–Kier alpha value is -10.5. The van der Waals surface area contributed by atoms with E-state index in [1.807, 2.05) is 79.7 Å². The monoisotopic (exact) mass is 1810 g/mol. The van der Waals surface area contributed by atoms with Gasteiger partial charge in [0.15, 0.2) is 0 Å². The number of amides is 8. The van der Waals surface area contributed by atoms with E-state index in [4.69, 9.17) is 14.2 Å². The van der Waals surface area contributed by atoms with Crippen LogP contribution in [-0.4, -0.2) is 230 Å². The van der Waals surface area contributed by atoms with Gasteiger partial charge in [-0.25, -0.2) is 4.57 Å². The van der Waals surface area contributed by atoms with Gasteiger partial charge in [-0.3, -0.25) is 61.8 Å². The summed E-state index contributed by atoms with van der Waals surface area (Å²) in [6.07, 6.45) is 15.7. The van der Waals surface area contributed by atoms with Crippen molar-refractivity contribution in [3.05, 3.63) is 179 Å². The molecule has 0 heterocycles. The lowest BCUT2D eigenvalue weighted by atomic mass is 9.98. The highest BCUT2D eigenvalue weighted by Crippen LogP contribution is 2.47. The summed E-state index contributed by atoms with van der Waals surface area (Å²) in [6.45, 7) is 6.66. The minimum absolute atomic E-state index is 0.00250. The first kappa shape index (κ1) is 103. The van der Waals surface area contributed by atoms with Gasteiger partial charge in [0.2, 0.25) is 47.3 Å². The Kier molecular flexibility index (Phi) is 46.3. The summed E-state index contributed by atoms with van der Waals surface area (Å²) in [5.74, 6) is -3.01. The number of rotatable bonds is 67. The highest BCUT2D eigenvalue weighted by molar-refractivity contribution is 7.47. The minimum Gasteiger partial charge on any atom is -0.465 e. The molecular formula is C100H138N11O18P. The van der Waals surface area contributed by atoms with E-state index in [1.54, 1.807) is 4.90 Å². The number of unbranched alkanes of at least 4 members (excludes halogenated alkanes) is 13. The molecule has 0 aliphatic heterocycles. The molecule has 6 aromatic rings. The van der Waals surface area contributed by atoms with Crippen LogP contribution in [0.1, 0.15) is 231 Å². The van der Waals surface area contributed by atoms with Crippen LogP contribution in [0.15, 0.2) is 146 Å². The number of benzene rings is 6. The Morgan fingerprint density at radius 2 is 0.577 bits per heavy atom. The van der Waals surface area contributed by atoms with Crippen LogP contribution in [0, 0.1) is 0 Å². The third kappa shape index (κ3) is 36.0. The Bertz CT molecular complexity index is 4510. The van der Waals surface area contributed by atoms with E-state index in [-0.39, 0.29) is 201 Å². The van der Waals surface area contributed by atoms with E-state index in [2.05, 4.69) is 124 Å². The van der Waals surface area contributed by atoms with Crippen molar-refractivity contribution >= 4 is 73.0 Å². The molecule has 0 radical (unpaired) electrons. The van der Waals surface area contributed by atoms with Crippen molar-refractivity contribution in [2.24, 2.45) is 0 Å². The topological polar surface area (TPSA) is 377 Å². The maximum atomic E-state index is 14.1. The second-order valence-electron chi connectivity index (χ2n) is 33.4. The average Bonchev–Trinajstić information content (AvgIpc) is 1.63. The number of nitrogens with zero attached hydrogens (tertiary/aromatic N) is 3. The van der Waals surface area contributed by atoms with Gasteiger partial charge in [-0.05, 0) is 151 Å². The van der Waals surface area contributed by atoms with Crippen LogP contribution in [0.25, 0.3) is 33.4 Å². The number of likely N-dealkylation sites (N-methyl/N-ethyl adjacent to an activating group) is 1. The van der Waals surface area contributed by atoms with Crippen LogP contribution < -0.4 is 42.5 Å². The number of hydrogen-bond donors (Lipinski definition) is 9. The van der Waals surface area contributed by atoms with Gasteiger partial charge in [-0.2, -0.15) is 0 Å². The van der Waals surface area contributed by atoms with Crippen molar-refractivity contribution in [3.8, 4) is 33.4 Å². The molecule has 30 heteroatoms. The van der Waals surface area contributed by atoms with Gasteiger partial charge >= 0.3 is 25.7 Å². The van der Waals surface area contributed by atoms with E-state index in [1.165, 1.54) is 32.1 Å². The zero-order valence-electron chi connectivity index (χ0n) is 76.2. The van der Waals surface area contributed by atoms with E-state index in [0.717, 1.165) is 122 Å². The van der Waals surface area contributed by atoms with Gasteiger partial charge in [0.1, 0.15) is 19.8 Å². The standard InChI is InChI=1S/C100H138N11O18P/c1-3-109(95(117)49-14-10-29-55-101-59-52-98(120)126-72-87-81-40-23-17-34-75(81)76-35-18-24-41-82(76)87)66-62-106-93(115)70-111(97(119)51-16-12-31-57-103-61-54-100(122)128-74-89-85-44-27-21-38-79(85)80-39-22-28-45-86(80)89)68-64-107-94(116)71-110(96(118)50-15-11-30-56-102-60-53-99(121)127-73-88-83-42-25-19-36-77(83)78-37-20-26-43-84(78)88)67-63-105-90(112)46-13-8-6-4-5-7-9-32-58-104-91(113)47-33-48-92(114)108-65-69-129-130(123,124)125-2/h17-28,34-45,87-89,101-103H,3-16,29-33,46-74H2,1-2H3,(H,104,113)(H,105,112)(H,106,115)(H,107,116)(H,108,114)(H,123,124). The minimum atomic E-state index is -4.11. The molecule has 0 saturated heterocycles. The lowest BCUT2D eigenvalue weighted by Gasteiger charge is -2.25. The molecule has 1 unspecified atom stereocenters. The maximum absolute atomic E-state index is 14.1. The summed E-state index contributed by atoms with van der Waals surface area (Å²) >= 11 is 0. The first-order valence-corrected chi connectivity index (χ1v) is 48.6. The van der Waals surface area contributed by atoms with E-state index in [9.17, 15) is 62.2 Å². The van der Waals surface area contributed by atoms with Gasteiger partial charge in [-0.1, -0.05) is 203 Å². The molecule has 9 rings (SSSR count). The summed E-state index contributed by atoms with van der Waals surface area (Å²) in [5, 5.41) is 24.2. The van der Waals surface area contributed by atoms with Crippen LogP contribution in [-0.2, 0) is 80.6 Å². The molecule has 29 nitrogen and oxygen atoms in total. The fourth-order valence-corrected chi connectivity index (χ4v) is 17.3. The molecule has 3 aliphatic rings. The normalized spacial score (nSPS) is 12.7. The van der Waals surface area contributed by atoms with Crippen LogP contribution in [0.4, 0.5) is 0 Å². The summed E-state index contributed by atoms with van der Waals surface area (Å²) < 4.78 is 37.7. The first-order chi connectivity index (χ1) is 63.3. The lowest BCUT2D eigenvalue weighted by molar-refractivity contribution is -0.144. The molecule has 0 saturated carbocycles. The molecular weight excluding hydrogens is 1670 g/mol. The Morgan fingerprint density at radius 1 is 0.308 bits per heavy atom. The summed E-state index contributed by atoms with van der Waals surface area (Å²) in [6, 6.07) is 49.3. The molecule has 3 aliphatic carbocycles. The molecule has 0 spiro atoms. The van der Waals surface area contributed by atoms with Gasteiger partial charge < -0.3 is 76.3 Å². The van der Waals surface area contributed by atoms with Crippen LogP contribution in [0.5, 0.6) is 0 Å². The number of hydrogen-bond acceptors (Lipinski definition) is 20. The molecule has 706 valence electrons. The van der Waals surface area contributed by atoms with Crippen molar-refractivity contribution in [2.75, 3.05) is 145 Å². The zero-order valence-corrected chi connectivity index (χ0v) is 77.1. The molecule has 130 heavy (non-hydrogen) atoms. The third-order valence-corrected chi connectivity index (χ3v) is 24.9. The molecule has 9 N–H and O–H groups in total. The second kappa shape index (κ2) is 58.3. The SMILES string of the molecule is CCN(CCNC(=O)CN(CCNC(=O)CN(CCNC(=O)CCCCCCCCCCNC(=O)CCCC(=O)NCCOP(=O)(O)OC)C(=O)CCCCCNCCC(=O)OCC1c2ccccc2-c2ccccc21)C(=O)CCCCCNCCC(=O)OCC1c2ccccc2-c2ccccc21)C(=O)CCCCCNCCC(=O)OCC1c2ccccc2-c2ccccc21. The molecule has 1 atom stereocenters. The van der Waals surface area contributed by atoms with Gasteiger partial charge in [0, 0.05) is 142 Å². The van der Waals surface area contributed by atoms with E-state index < -0.39 is 19.6 Å². The highest BCUT2D eigenvalue weighted by Gasteiger charge is 2.33. The van der Waals surface area contributed by atoms with Crippen LogP contribution in [0.2, 0.25) is 0 Å². The predicted octanol–water partition coefficient (Wildman–Crippen LogP) is 12.2. The molecule has 0 aromatic heterocycles. The van der Waals surface area contributed by atoms with Crippen molar-refractivity contribution in [1.29, 1.82) is 0 Å². The molecule has 8 amide bonds. The van der Waals surface area contributed by atoms with Crippen molar-refractivity contribution in [3.63, 3.8) is 0 Å². The number of fused-ring (bicyclic) bond motifs is 9. The van der Waals surface area contributed by atoms with Crippen molar-refractivity contribution < 1.29 is 85.5 Å².